The van der Waals surface area contributed by atoms with Gasteiger partial charge in [-0.05, 0) is 48.7 Å². The van der Waals surface area contributed by atoms with Crippen LogP contribution in [0.15, 0.2) is 30.3 Å². The second kappa shape index (κ2) is 3.36. The highest BCUT2D eigenvalue weighted by molar-refractivity contribution is 5.81. The van der Waals surface area contributed by atoms with Crippen LogP contribution in [0.2, 0.25) is 0 Å². The average Bonchev–Trinajstić information content (AvgIpc) is 3.02. The maximum absolute atomic E-state index is 5.85. The van der Waals surface area contributed by atoms with Crippen LogP contribution in [0.25, 0.3) is 10.9 Å². The molecule has 1 fully saturated rings. The predicted molar refractivity (Wildman–Crippen MR) is 67.3 cm³/mol. The van der Waals surface area contributed by atoms with Gasteiger partial charge in [0.05, 0.1) is 0 Å². The van der Waals surface area contributed by atoms with Gasteiger partial charge < -0.3 is 10.3 Å². The molecule has 0 amide bonds. The van der Waals surface area contributed by atoms with E-state index in [0.717, 1.165) is 13.0 Å². The topological polar surface area (TPSA) is 30.9 Å². The SMILES string of the molecule is Cn1c(CC2(CN)CC2)cc2ccccc21. The van der Waals surface area contributed by atoms with Gasteiger partial charge in [-0.25, -0.2) is 0 Å². The standard InChI is InChI=1S/C14H18N2/c1-16-12(9-14(10-15)6-7-14)8-11-4-2-3-5-13(11)16/h2-5,8H,6-7,9-10,15H2,1H3. The van der Waals surface area contributed by atoms with E-state index in [0.29, 0.717) is 5.41 Å². The highest BCUT2D eigenvalue weighted by Crippen LogP contribution is 2.47. The molecule has 0 aliphatic heterocycles. The quantitative estimate of drug-likeness (QED) is 0.836. The molecule has 1 saturated carbocycles. The molecule has 84 valence electrons. The van der Waals surface area contributed by atoms with Crippen LogP contribution in [-0.4, -0.2) is 11.1 Å². The Bertz CT molecular complexity index is 521. The summed E-state index contributed by atoms with van der Waals surface area (Å²) >= 11 is 0. The molecule has 1 aliphatic carbocycles. The van der Waals surface area contributed by atoms with E-state index in [-0.39, 0.29) is 0 Å². The summed E-state index contributed by atoms with van der Waals surface area (Å²) in [5, 5.41) is 1.34. The predicted octanol–water partition coefficient (Wildman–Crippen LogP) is 2.46. The molecule has 1 aliphatic rings. The maximum Gasteiger partial charge on any atom is 0.0479 e. The number of benzene rings is 1. The Labute approximate surface area is 96.1 Å². The fourth-order valence-electron chi connectivity index (χ4n) is 2.53. The summed E-state index contributed by atoms with van der Waals surface area (Å²) in [7, 11) is 2.16. The van der Waals surface area contributed by atoms with Crippen molar-refractivity contribution in [2.24, 2.45) is 18.2 Å². The summed E-state index contributed by atoms with van der Waals surface area (Å²) in [6.45, 7) is 0.828. The van der Waals surface area contributed by atoms with Crippen LogP contribution >= 0.6 is 0 Å². The average molecular weight is 214 g/mol. The van der Waals surface area contributed by atoms with E-state index >= 15 is 0 Å². The summed E-state index contributed by atoms with van der Waals surface area (Å²) in [4.78, 5) is 0. The first-order valence-electron chi connectivity index (χ1n) is 5.98. The molecule has 1 aromatic carbocycles. The fourth-order valence-corrected chi connectivity index (χ4v) is 2.53. The van der Waals surface area contributed by atoms with E-state index in [1.54, 1.807) is 0 Å². The molecule has 0 atom stereocenters. The molecule has 2 nitrogen and oxygen atoms in total. The van der Waals surface area contributed by atoms with Crippen molar-refractivity contribution in [1.82, 2.24) is 4.57 Å². The van der Waals surface area contributed by atoms with Crippen LogP contribution in [0.3, 0.4) is 0 Å². The first-order chi connectivity index (χ1) is 7.74. The van der Waals surface area contributed by atoms with Gasteiger partial charge >= 0.3 is 0 Å². The van der Waals surface area contributed by atoms with Crippen LogP contribution in [0.1, 0.15) is 18.5 Å². The number of fused-ring (bicyclic) bond motifs is 1. The summed E-state index contributed by atoms with van der Waals surface area (Å²) in [6, 6.07) is 10.9. The van der Waals surface area contributed by atoms with Crippen molar-refractivity contribution in [2.75, 3.05) is 6.54 Å². The number of hydrogen-bond acceptors (Lipinski definition) is 1. The lowest BCUT2D eigenvalue weighted by Crippen LogP contribution is -2.19. The van der Waals surface area contributed by atoms with Crippen molar-refractivity contribution in [3.05, 3.63) is 36.0 Å². The molecule has 0 saturated heterocycles. The number of aryl methyl sites for hydroxylation is 1. The van der Waals surface area contributed by atoms with E-state index < -0.39 is 0 Å². The molecule has 0 spiro atoms. The third kappa shape index (κ3) is 1.45. The minimum absolute atomic E-state index is 0.419. The van der Waals surface area contributed by atoms with Crippen molar-refractivity contribution < 1.29 is 0 Å². The van der Waals surface area contributed by atoms with E-state index in [4.69, 9.17) is 5.73 Å². The molecule has 3 rings (SSSR count). The Kier molecular flexibility index (Phi) is 2.08. The van der Waals surface area contributed by atoms with Gasteiger partial charge in [-0.1, -0.05) is 18.2 Å². The zero-order chi connectivity index (χ0) is 11.2. The minimum Gasteiger partial charge on any atom is -0.348 e. The Morgan fingerprint density at radius 3 is 2.69 bits per heavy atom. The van der Waals surface area contributed by atoms with Crippen LogP contribution in [0.4, 0.5) is 0 Å². The van der Waals surface area contributed by atoms with Gasteiger partial charge in [0, 0.05) is 18.3 Å². The van der Waals surface area contributed by atoms with Crippen molar-refractivity contribution in [3.8, 4) is 0 Å². The summed E-state index contributed by atoms with van der Waals surface area (Å²) in [5.74, 6) is 0. The zero-order valence-corrected chi connectivity index (χ0v) is 9.74. The second-order valence-corrected chi connectivity index (χ2v) is 5.13. The molecule has 1 aromatic heterocycles. The largest absolute Gasteiger partial charge is 0.348 e. The van der Waals surface area contributed by atoms with Gasteiger partial charge in [0.1, 0.15) is 0 Å². The van der Waals surface area contributed by atoms with Crippen molar-refractivity contribution in [3.63, 3.8) is 0 Å². The first kappa shape index (κ1) is 9.91. The van der Waals surface area contributed by atoms with Crippen LogP contribution in [-0.2, 0) is 13.5 Å². The van der Waals surface area contributed by atoms with E-state index in [2.05, 4.69) is 41.9 Å². The third-order valence-electron chi connectivity index (χ3n) is 4.00. The molecule has 0 unspecified atom stereocenters. The molecule has 0 radical (unpaired) electrons. The Morgan fingerprint density at radius 1 is 1.31 bits per heavy atom. The summed E-state index contributed by atoms with van der Waals surface area (Å²) in [6.07, 6.45) is 3.73. The molecule has 16 heavy (non-hydrogen) atoms. The van der Waals surface area contributed by atoms with Gasteiger partial charge in [-0.2, -0.15) is 0 Å². The van der Waals surface area contributed by atoms with Crippen molar-refractivity contribution >= 4 is 10.9 Å². The lowest BCUT2D eigenvalue weighted by molar-refractivity contribution is 0.506. The first-order valence-corrected chi connectivity index (χ1v) is 5.98. The van der Waals surface area contributed by atoms with Crippen LogP contribution < -0.4 is 5.73 Å². The zero-order valence-electron chi connectivity index (χ0n) is 9.74. The van der Waals surface area contributed by atoms with Gasteiger partial charge in [0.15, 0.2) is 0 Å². The lowest BCUT2D eigenvalue weighted by Gasteiger charge is -2.12. The highest BCUT2D eigenvalue weighted by atomic mass is 14.9. The van der Waals surface area contributed by atoms with E-state index in [9.17, 15) is 0 Å². The molecule has 1 heterocycles. The molecular formula is C14H18N2. The number of para-hydroxylation sites is 1. The summed E-state index contributed by atoms with van der Waals surface area (Å²) < 4.78 is 2.31. The van der Waals surface area contributed by atoms with E-state index in [1.807, 2.05) is 0 Å². The fraction of sp³-hybridized carbons (Fsp3) is 0.429. The number of nitrogens with two attached hydrogens (primary N) is 1. The van der Waals surface area contributed by atoms with Crippen molar-refractivity contribution in [2.45, 2.75) is 19.3 Å². The van der Waals surface area contributed by atoms with Crippen LogP contribution in [0.5, 0.6) is 0 Å². The Balaban J connectivity index is 2.01. The number of hydrogen-bond donors (Lipinski definition) is 1. The summed E-state index contributed by atoms with van der Waals surface area (Å²) in [5.41, 5.74) is 9.02. The van der Waals surface area contributed by atoms with Gasteiger partial charge in [-0.3, -0.25) is 0 Å². The highest BCUT2D eigenvalue weighted by Gasteiger charge is 2.41. The number of nitrogens with zero attached hydrogens (tertiary/aromatic N) is 1. The Morgan fingerprint density at radius 2 is 2.06 bits per heavy atom. The number of rotatable bonds is 3. The molecule has 0 bridgehead atoms. The van der Waals surface area contributed by atoms with Crippen molar-refractivity contribution in [1.29, 1.82) is 0 Å². The minimum atomic E-state index is 0.419. The van der Waals surface area contributed by atoms with Crippen LogP contribution in [0, 0.1) is 5.41 Å². The number of aromatic nitrogens is 1. The van der Waals surface area contributed by atoms with Gasteiger partial charge in [0.2, 0.25) is 0 Å². The lowest BCUT2D eigenvalue weighted by atomic mass is 10.0. The normalized spacial score (nSPS) is 17.9. The second-order valence-electron chi connectivity index (χ2n) is 5.13. The monoisotopic (exact) mass is 214 g/mol. The van der Waals surface area contributed by atoms with E-state index in [1.165, 1.54) is 29.4 Å². The molecular weight excluding hydrogens is 196 g/mol. The smallest absolute Gasteiger partial charge is 0.0479 e. The van der Waals surface area contributed by atoms with Gasteiger partial charge in [-0.15, -0.1) is 0 Å². The van der Waals surface area contributed by atoms with Gasteiger partial charge in [0.25, 0.3) is 0 Å². The molecule has 2 aromatic rings. The maximum atomic E-state index is 5.85. The molecule has 2 N–H and O–H groups in total. The third-order valence-corrected chi connectivity index (χ3v) is 4.00. The molecule has 2 heteroatoms. The Hall–Kier alpha value is -1.28.